The van der Waals surface area contributed by atoms with Crippen molar-refractivity contribution in [2.45, 2.75) is 39.2 Å². The van der Waals surface area contributed by atoms with Crippen LogP contribution < -0.4 is 15.4 Å². The largest absolute Gasteiger partial charge is 0.478 e. The zero-order valence-electron chi connectivity index (χ0n) is 11.9. The third-order valence-electron chi connectivity index (χ3n) is 3.64. The van der Waals surface area contributed by atoms with Crippen LogP contribution in [0.2, 0.25) is 0 Å². The van der Waals surface area contributed by atoms with Gasteiger partial charge in [-0.1, -0.05) is 6.92 Å². The molecule has 5 heteroatoms. The summed E-state index contributed by atoms with van der Waals surface area (Å²) >= 11 is 0. The van der Waals surface area contributed by atoms with Crippen LogP contribution >= 0.6 is 0 Å². The molecule has 1 fully saturated rings. The second kappa shape index (κ2) is 6.70. The van der Waals surface area contributed by atoms with Crippen molar-refractivity contribution in [2.24, 2.45) is 11.7 Å². The number of nitrogens with zero attached hydrogens (tertiary/aromatic N) is 3. The molecule has 0 aliphatic carbocycles. The fourth-order valence-electron chi connectivity index (χ4n) is 2.40. The fraction of sp³-hybridized carbons (Fsp3) is 0.714. The molecule has 0 radical (unpaired) electrons. The van der Waals surface area contributed by atoms with Crippen LogP contribution in [0.25, 0.3) is 0 Å². The van der Waals surface area contributed by atoms with Crippen molar-refractivity contribution < 1.29 is 4.74 Å². The van der Waals surface area contributed by atoms with E-state index < -0.39 is 0 Å². The molecule has 0 amide bonds. The maximum absolute atomic E-state index is 5.96. The maximum atomic E-state index is 5.96. The minimum atomic E-state index is 0.280. The second-order valence-corrected chi connectivity index (χ2v) is 5.23. The van der Waals surface area contributed by atoms with Gasteiger partial charge in [0.05, 0.1) is 6.61 Å². The van der Waals surface area contributed by atoms with E-state index in [0.29, 0.717) is 18.4 Å². The van der Waals surface area contributed by atoms with E-state index in [1.54, 1.807) is 6.20 Å². The highest BCUT2D eigenvalue weighted by Gasteiger charge is 2.23. The van der Waals surface area contributed by atoms with Gasteiger partial charge in [-0.15, -0.1) is 0 Å². The second-order valence-electron chi connectivity index (χ2n) is 5.23. The molecule has 5 nitrogen and oxygen atoms in total. The smallest absolute Gasteiger partial charge is 0.228 e. The summed E-state index contributed by atoms with van der Waals surface area (Å²) < 4.78 is 5.55. The summed E-state index contributed by atoms with van der Waals surface area (Å²) in [6.07, 6.45) is 4.98. The molecule has 2 N–H and O–H groups in total. The molecule has 0 spiro atoms. The summed E-state index contributed by atoms with van der Waals surface area (Å²) in [7, 11) is 0. The molecule has 1 saturated heterocycles. The van der Waals surface area contributed by atoms with Gasteiger partial charge < -0.3 is 15.4 Å². The van der Waals surface area contributed by atoms with Gasteiger partial charge in [-0.3, -0.25) is 0 Å². The van der Waals surface area contributed by atoms with E-state index in [1.807, 2.05) is 6.07 Å². The zero-order valence-corrected chi connectivity index (χ0v) is 11.9. The normalized spacial score (nSPS) is 18.4. The van der Waals surface area contributed by atoms with E-state index >= 15 is 0 Å². The molecule has 0 aromatic carbocycles. The van der Waals surface area contributed by atoms with Gasteiger partial charge in [-0.2, -0.15) is 4.98 Å². The van der Waals surface area contributed by atoms with Crippen LogP contribution in [0.3, 0.4) is 0 Å². The highest BCUT2D eigenvalue weighted by molar-refractivity contribution is 5.32. The fourth-order valence-corrected chi connectivity index (χ4v) is 2.40. The number of anilines is 1. The topological polar surface area (TPSA) is 64.3 Å². The number of hydrogen-bond acceptors (Lipinski definition) is 5. The first-order chi connectivity index (χ1) is 9.20. The van der Waals surface area contributed by atoms with Crippen molar-refractivity contribution >= 4 is 5.95 Å². The third kappa shape index (κ3) is 3.80. The number of rotatable bonds is 5. The lowest BCUT2D eigenvalue weighted by molar-refractivity contribution is 0.303. The zero-order chi connectivity index (χ0) is 13.7. The molecule has 1 aliphatic heterocycles. The molecular formula is C14H24N4O. The molecule has 1 aliphatic rings. The van der Waals surface area contributed by atoms with Gasteiger partial charge in [0.1, 0.15) is 0 Å². The van der Waals surface area contributed by atoms with Gasteiger partial charge in [0.25, 0.3) is 0 Å². The molecule has 1 aromatic heterocycles. The van der Waals surface area contributed by atoms with Gasteiger partial charge in [-0.05, 0) is 32.1 Å². The molecule has 1 unspecified atom stereocenters. The first-order valence-corrected chi connectivity index (χ1v) is 7.17. The minimum Gasteiger partial charge on any atom is -0.478 e. The summed E-state index contributed by atoms with van der Waals surface area (Å²) in [6, 6.07) is 2.09. The first-order valence-electron chi connectivity index (χ1n) is 7.17. The predicted octanol–water partition coefficient (Wildman–Crippen LogP) is 1.83. The van der Waals surface area contributed by atoms with Gasteiger partial charge in [0.15, 0.2) is 0 Å². The summed E-state index contributed by atoms with van der Waals surface area (Å²) in [4.78, 5) is 11.0. The van der Waals surface area contributed by atoms with Gasteiger partial charge in [0, 0.05) is 31.4 Å². The minimum absolute atomic E-state index is 0.280. The van der Waals surface area contributed by atoms with Gasteiger partial charge in [0.2, 0.25) is 11.8 Å². The summed E-state index contributed by atoms with van der Waals surface area (Å²) in [5.41, 5.74) is 5.96. The number of aromatic nitrogens is 2. The molecule has 106 valence electrons. The molecule has 19 heavy (non-hydrogen) atoms. The highest BCUT2D eigenvalue weighted by Crippen LogP contribution is 2.23. The molecule has 1 atom stereocenters. The van der Waals surface area contributed by atoms with E-state index in [2.05, 4.69) is 28.7 Å². The average molecular weight is 264 g/mol. The SMILES string of the molecule is CCCOc1ccnc(N2CCC(C(C)N)CC2)n1. The summed E-state index contributed by atoms with van der Waals surface area (Å²) in [5, 5.41) is 0. The lowest BCUT2D eigenvalue weighted by Gasteiger charge is -2.33. The average Bonchev–Trinajstić information content (AvgIpc) is 2.45. The number of ether oxygens (including phenoxy) is 1. The summed E-state index contributed by atoms with van der Waals surface area (Å²) in [5.74, 6) is 2.06. The van der Waals surface area contributed by atoms with Crippen LogP contribution in [0.4, 0.5) is 5.95 Å². The Morgan fingerprint density at radius 1 is 1.47 bits per heavy atom. The van der Waals surface area contributed by atoms with E-state index in [0.717, 1.165) is 38.3 Å². The van der Waals surface area contributed by atoms with E-state index in [-0.39, 0.29) is 6.04 Å². The van der Waals surface area contributed by atoms with Gasteiger partial charge in [-0.25, -0.2) is 4.98 Å². The van der Waals surface area contributed by atoms with E-state index in [9.17, 15) is 0 Å². The number of nitrogens with two attached hydrogens (primary N) is 1. The maximum Gasteiger partial charge on any atom is 0.228 e. The van der Waals surface area contributed by atoms with E-state index in [1.165, 1.54) is 0 Å². The Morgan fingerprint density at radius 2 is 2.21 bits per heavy atom. The lowest BCUT2D eigenvalue weighted by Crippen LogP contribution is -2.40. The van der Waals surface area contributed by atoms with Crippen LogP contribution in [-0.2, 0) is 0 Å². The van der Waals surface area contributed by atoms with Crippen LogP contribution in [0.1, 0.15) is 33.1 Å². The standard InChI is InChI=1S/C14H24N4O/c1-3-10-19-13-4-7-16-14(17-13)18-8-5-12(6-9-18)11(2)15/h4,7,11-12H,3,5-6,8-10,15H2,1-2H3. The van der Waals surface area contributed by atoms with Crippen molar-refractivity contribution in [3.05, 3.63) is 12.3 Å². The monoisotopic (exact) mass is 264 g/mol. The number of piperidine rings is 1. The Hall–Kier alpha value is -1.36. The van der Waals surface area contributed by atoms with Crippen LogP contribution in [0.5, 0.6) is 5.88 Å². The Bertz CT molecular complexity index is 389. The predicted molar refractivity (Wildman–Crippen MR) is 76.4 cm³/mol. The Kier molecular flexibility index (Phi) is 4.96. The molecule has 1 aromatic rings. The van der Waals surface area contributed by atoms with Crippen LogP contribution in [-0.4, -0.2) is 35.7 Å². The Morgan fingerprint density at radius 3 is 2.84 bits per heavy atom. The van der Waals surface area contributed by atoms with Crippen molar-refractivity contribution in [3.63, 3.8) is 0 Å². The molecule has 0 saturated carbocycles. The molecule has 2 rings (SSSR count). The quantitative estimate of drug-likeness (QED) is 0.879. The Labute approximate surface area is 115 Å². The molecule has 2 heterocycles. The van der Waals surface area contributed by atoms with Crippen molar-refractivity contribution in [2.75, 3.05) is 24.6 Å². The van der Waals surface area contributed by atoms with Crippen LogP contribution in [0, 0.1) is 5.92 Å². The summed E-state index contributed by atoms with van der Waals surface area (Å²) in [6.45, 7) is 6.83. The number of hydrogen-bond donors (Lipinski definition) is 1. The van der Waals surface area contributed by atoms with Gasteiger partial charge >= 0.3 is 0 Å². The van der Waals surface area contributed by atoms with Crippen molar-refractivity contribution in [1.82, 2.24) is 9.97 Å². The van der Waals surface area contributed by atoms with E-state index in [4.69, 9.17) is 10.5 Å². The van der Waals surface area contributed by atoms with Crippen molar-refractivity contribution in [3.8, 4) is 5.88 Å². The molecule has 0 bridgehead atoms. The highest BCUT2D eigenvalue weighted by atomic mass is 16.5. The molecular weight excluding hydrogens is 240 g/mol. The third-order valence-corrected chi connectivity index (χ3v) is 3.64. The van der Waals surface area contributed by atoms with Crippen LogP contribution in [0.15, 0.2) is 12.3 Å². The Balaban J connectivity index is 1.95. The lowest BCUT2D eigenvalue weighted by atomic mass is 9.91. The van der Waals surface area contributed by atoms with Crippen molar-refractivity contribution in [1.29, 1.82) is 0 Å². The first kappa shape index (κ1) is 14.1.